The van der Waals surface area contributed by atoms with Crippen LogP contribution in [0.4, 0.5) is 0 Å². The van der Waals surface area contributed by atoms with Crippen molar-refractivity contribution in [3.05, 3.63) is 66.2 Å². The van der Waals surface area contributed by atoms with Crippen LogP contribution in [0, 0.1) is 17.4 Å². The summed E-state index contributed by atoms with van der Waals surface area (Å²) in [4.78, 5) is 0. The summed E-state index contributed by atoms with van der Waals surface area (Å²) < 4.78 is 0.960. The molecule has 0 saturated carbocycles. The van der Waals surface area contributed by atoms with E-state index in [1.54, 1.807) is 6.07 Å². The summed E-state index contributed by atoms with van der Waals surface area (Å²) in [7, 11) is 0. The Morgan fingerprint density at radius 1 is 1.00 bits per heavy atom. The van der Waals surface area contributed by atoms with Crippen LogP contribution in [0.5, 0.6) is 0 Å². The maximum absolute atomic E-state index is 10.5. The molecule has 0 aliphatic rings. The van der Waals surface area contributed by atoms with Crippen LogP contribution >= 0.6 is 45.8 Å². The SMILES string of the molecule is Cc1cc(Cl)c(C(O)c2ccc(I)c(Cl)c2)cc1C. The lowest BCUT2D eigenvalue weighted by Crippen LogP contribution is -2.02. The number of aliphatic hydroxyl groups excluding tert-OH is 1. The highest BCUT2D eigenvalue weighted by Crippen LogP contribution is 2.32. The molecule has 1 unspecified atom stereocenters. The lowest BCUT2D eigenvalue weighted by atomic mass is 9.98. The Morgan fingerprint density at radius 2 is 1.63 bits per heavy atom. The molecule has 1 nitrogen and oxygen atoms in total. The highest BCUT2D eigenvalue weighted by Gasteiger charge is 2.16. The minimum Gasteiger partial charge on any atom is -0.384 e. The van der Waals surface area contributed by atoms with E-state index in [2.05, 4.69) is 22.6 Å². The quantitative estimate of drug-likeness (QED) is 0.671. The molecule has 4 heteroatoms. The molecule has 0 heterocycles. The Balaban J connectivity index is 2.46. The normalized spacial score (nSPS) is 12.5. The van der Waals surface area contributed by atoms with Crippen LogP contribution < -0.4 is 0 Å². The standard InChI is InChI=1S/C15H13Cl2IO/c1-8-5-11(12(16)6-9(8)2)15(19)10-3-4-14(18)13(17)7-10/h3-7,15,19H,1-2H3. The highest BCUT2D eigenvalue weighted by molar-refractivity contribution is 14.1. The third kappa shape index (κ3) is 3.24. The molecule has 0 spiro atoms. The molecule has 0 aliphatic carbocycles. The number of halogens is 3. The van der Waals surface area contributed by atoms with Crippen LogP contribution in [-0.4, -0.2) is 5.11 Å². The first kappa shape index (κ1) is 15.1. The third-order valence-electron chi connectivity index (χ3n) is 3.17. The van der Waals surface area contributed by atoms with Crippen molar-refractivity contribution in [2.75, 3.05) is 0 Å². The first-order chi connectivity index (χ1) is 8.90. The van der Waals surface area contributed by atoms with Crippen molar-refractivity contribution in [3.63, 3.8) is 0 Å². The number of aryl methyl sites for hydroxylation is 2. The fourth-order valence-electron chi connectivity index (χ4n) is 1.87. The Bertz CT molecular complexity index is 626. The number of hydrogen-bond donors (Lipinski definition) is 1. The van der Waals surface area contributed by atoms with Crippen LogP contribution in [0.2, 0.25) is 10.0 Å². The Morgan fingerprint density at radius 3 is 2.26 bits per heavy atom. The molecule has 0 saturated heterocycles. The van der Waals surface area contributed by atoms with Gasteiger partial charge in [-0.25, -0.2) is 0 Å². The summed E-state index contributed by atoms with van der Waals surface area (Å²) in [6, 6.07) is 9.33. The van der Waals surface area contributed by atoms with Gasteiger partial charge in [0, 0.05) is 14.2 Å². The summed E-state index contributed by atoms with van der Waals surface area (Å²) in [5, 5.41) is 11.7. The molecule has 0 amide bonds. The third-order valence-corrected chi connectivity index (χ3v) is 5.07. The predicted molar refractivity (Wildman–Crippen MR) is 89.2 cm³/mol. The average molecular weight is 407 g/mol. The Labute approximate surface area is 136 Å². The second-order valence-corrected chi connectivity index (χ2v) is 6.51. The predicted octanol–water partition coefficient (Wildman–Crippen LogP) is 5.30. The molecular weight excluding hydrogens is 394 g/mol. The van der Waals surface area contributed by atoms with E-state index in [1.807, 2.05) is 38.1 Å². The van der Waals surface area contributed by atoms with Gasteiger partial charge < -0.3 is 5.11 Å². The van der Waals surface area contributed by atoms with Crippen molar-refractivity contribution in [2.45, 2.75) is 20.0 Å². The number of benzene rings is 2. The topological polar surface area (TPSA) is 20.2 Å². The molecule has 0 fully saturated rings. The minimum atomic E-state index is -0.763. The van der Waals surface area contributed by atoms with E-state index in [-0.39, 0.29) is 0 Å². The summed E-state index contributed by atoms with van der Waals surface area (Å²) in [6.45, 7) is 4.00. The first-order valence-corrected chi connectivity index (χ1v) is 7.63. The Kier molecular flexibility index (Phi) is 4.77. The van der Waals surface area contributed by atoms with Gasteiger partial charge in [-0.2, -0.15) is 0 Å². The number of rotatable bonds is 2. The zero-order valence-electron chi connectivity index (χ0n) is 10.5. The zero-order valence-corrected chi connectivity index (χ0v) is 14.2. The maximum Gasteiger partial charge on any atom is 0.106 e. The lowest BCUT2D eigenvalue weighted by Gasteiger charge is -2.16. The molecule has 0 aromatic heterocycles. The second-order valence-electron chi connectivity index (χ2n) is 4.53. The Hall–Kier alpha value is -0.290. The summed E-state index contributed by atoms with van der Waals surface area (Å²) >= 11 is 14.5. The molecule has 2 rings (SSSR count). The van der Waals surface area contributed by atoms with Crippen LogP contribution in [-0.2, 0) is 0 Å². The monoisotopic (exact) mass is 406 g/mol. The highest BCUT2D eigenvalue weighted by atomic mass is 127. The molecule has 0 radical (unpaired) electrons. The molecule has 2 aromatic rings. The molecule has 0 aliphatic heterocycles. The van der Waals surface area contributed by atoms with Crippen molar-refractivity contribution in [3.8, 4) is 0 Å². The fourth-order valence-corrected chi connectivity index (χ4v) is 2.72. The van der Waals surface area contributed by atoms with Crippen molar-refractivity contribution >= 4 is 45.8 Å². The molecule has 100 valence electrons. The largest absolute Gasteiger partial charge is 0.384 e. The van der Waals surface area contributed by atoms with Gasteiger partial charge in [0.1, 0.15) is 6.10 Å². The van der Waals surface area contributed by atoms with Gasteiger partial charge >= 0.3 is 0 Å². The fraction of sp³-hybridized carbons (Fsp3) is 0.200. The molecule has 1 atom stereocenters. The first-order valence-electron chi connectivity index (χ1n) is 5.80. The number of aliphatic hydroxyl groups is 1. The van der Waals surface area contributed by atoms with Gasteiger partial charge in [0.25, 0.3) is 0 Å². The average Bonchev–Trinajstić information content (AvgIpc) is 2.36. The van der Waals surface area contributed by atoms with Gasteiger partial charge in [-0.3, -0.25) is 0 Å². The van der Waals surface area contributed by atoms with Crippen molar-refractivity contribution < 1.29 is 5.11 Å². The van der Waals surface area contributed by atoms with Crippen LogP contribution in [0.15, 0.2) is 30.3 Å². The maximum atomic E-state index is 10.5. The lowest BCUT2D eigenvalue weighted by molar-refractivity contribution is 0.220. The van der Waals surface area contributed by atoms with E-state index < -0.39 is 6.10 Å². The van der Waals surface area contributed by atoms with Crippen LogP contribution in [0.1, 0.15) is 28.4 Å². The van der Waals surface area contributed by atoms with Gasteiger partial charge in [-0.15, -0.1) is 0 Å². The van der Waals surface area contributed by atoms with E-state index in [0.717, 1.165) is 20.3 Å². The van der Waals surface area contributed by atoms with E-state index >= 15 is 0 Å². The van der Waals surface area contributed by atoms with Crippen LogP contribution in [0.3, 0.4) is 0 Å². The van der Waals surface area contributed by atoms with Gasteiger partial charge in [0.15, 0.2) is 0 Å². The van der Waals surface area contributed by atoms with Crippen molar-refractivity contribution in [1.82, 2.24) is 0 Å². The van der Waals surface area contributed by atoms with E-state index in [4.69, 9.17) is 23.2 Å². The van der Waals surface area contributed by atoms with Crippen molar-refractivity contribution in [1.29, 1.82) is 0 Å². The van der Waals surface area contributed by atoms with Gasteiger partial charge in [0.05, 0.1) is 5.02 Å². The summed E-state index contributed by atoms with van der Waals surface area (Å²) in [6.07, 6.45) is -0.763. The molecular formula is C15H13Cl2IO. The molecule has 19 heavy (non-hydrogen) atoms. The molecule has 0 bridgehead atoms. The molecule has 2 aromatic carbocycles. The van der Waals surface area contributed by atoms with Gasteiger partial charge in [0.2, 0.25) is 0 Å². The van der Waals surface area contributed by atoms with E-state index in [1.165, 1.54) is 0 Å². The summed E-state index contributed by atoms with van der Waals surface area (Å²) in [5.74, 6) is 0. The van der Waals surface area contributed by atoms with Crippen molar-refractivity contribution in [2.24, 2.45) is 0 Å². The van der Waals surface area contributed by atoms with Gasteiger partial charge in [-0.05, 0) is 71.3 Å². The minimum absolute atomic E-state index is 0.574. The summed E-state index contributed by atoms with van der Waals surface area (Å²) in [5.41, 5.74) is 3.68. The second kappa shape index (κ2) is 6.00. The van der Waals surface area contributed by atoms with Gasteiger partial charge in [-0.1, -0.05) is 35.3 Å². The molecule has 1 N–H and O–H groups in total. The van der Waals surface area contributed by atoms with E-state index in [9.17, 15) is 5.11 Å². The smallest absolute Gasteiger partial charge is 0.106 e. The zero-order chi connectivity index (χ0) is 14.2. The number of hydrogen-bond acceptors (Lipinski definition) is 1. The van der Waals surface area contributed by atoms with E-state index in [0.29, 0.717) is 15.6 Å². The van der Waals surface area contributed by atoms with Crippen LogP contribution in [0.25, 0.3) is 0 Å².